The average molecular weight is 192 g/mol. The van der Waals surface area contributed by atoms with Crippen molar-refractivity contribution in [3.05, 3.63) is 17.5 Å². The van der Waals surface area contributed by atoms with Gasteiger partial charge in [-0.2, -0.15) is 5.10 Å². The normalized spacial score (nSPS) is 15.9. The highest BCUT2D eigenvalue weighted by atomic mass is 16.1. The summed E-state index contributed by atoms with van der Waals surface area (Å²) in [6.45, 7) is 4.56. The van der Waals surface area contributed by atoms with Gasteiger partial charge in [-0.25, -0.2) is 0 Å². The average Bonchev–Trinajstić information content (AvgIpc) is 2.89. The molecule has 0 spiro atoms. The fraction of sp³-hybridized carbons (Fsp3) is 0.636. The maximum atomic E-state index is 11.3. The summed E-state index contributed by atoms with van der Waals surface area (Å²) < 4.78 is 1.86. The Balaban J connectivity index is 2.29. The number of carbonyl (C=O) groups excluding carboxylic acids is 1. The smallest absolute Gasteiger partial charge is 0.177 e. The van der Waals surface area contributed by atoms with Crippen molar-refractivity contribution < 1.29 is 4.79 Å². The van der Waals surface area contributed by atoms with Gasteiger partial charge in [0.1, 0.15) is 5.69 Å². The fourth-order valence-corrected chi connectivity index (χ4v) is 1.68. The Hall–Kier alpha value is -1.12. The first-order valence-corrected chi connectivity index (χ1v) is 5.31. The van der Waals surface area contributed by atoms with Gasteiger partial charge in [0.25, 0.3) is 0 Å². The van der Waals surface area contributed by atoms with Crippen molar-refractivity contribution in [3.8, 4) is 0 Å². The van der Waals surface area contributed by atoms with E-state index < -0.39 is 0 Å². The summed E-state index contributed by atoms with van der Waals surface area (Å²) >= 11 is 0. The van der Waals surface area contributed by atoms with E-state index in [0.29, 0.717) is 5.92 Å². The number of rotatable bonds is 4. The number of nitrogens with zero attached hydrogens (tertiary/aromatic N) is 2. The minimum absolute atomic E-state index is 0.123. The van der Waals surface area contributed by atoms with E-state index in [1.54, 1.807) is 6.92 Å². The summed E-state index contributed by atoms with van der Waals surface area (Å²) in [4.78, 5) is 11.3. The minimum Gasteiger partial charge on any atom is -0.293 e. The van der Waals surface area contributed by atoms with Crippen molar-refractivity contribution in [1.82, 2.24) is 9.78 Å². The molecule has 1 aliphatic carbocycles. The van der Waals surface area contributed by atoms with Crippen molar-refractivity contribution in [2.45, 2.75) is 45.6 Å². The Morgan fingerprint density at radius 1 is 1.64 bits per heavy atom. The Morgan fingerprint density at radius 2 is 2.36 bits per heavy atom. The number of ketones is 1. The van der Waals surface area contributed by atoms with Crippen LogP contribution in [-0.2, 0) is 6.54 Å². The first kappa shape index (κ1) is 9.44. The molecule has 1 heterocycles. The van der Waals surface area contributed by atoms with Crippen LogP contribution in [0.5, 0.6) is 0 Å². The summed E-state index contributed by atoms with van der Waals surface area (Å²) in [7, 11) is 0. The summed E-state index contributed by atoms with van der Waals surface area (Å²) in [6.07, 6.45) is 3.49. The summed E-state index contributed by atoms with van der Waals surface area (Å²) in [5.74, 6) is 0.754. The zero-order valence-electron chi connectivity index (χ0n) is 8.79. The maximum absolute atomic E-state index is 11.3. The van der Waals surface area contributed by atoms with Gasteiger partial charge in [-0.05, 0) is 25.3 Å². The molecular weight excluding hydrogens is 176 g/mol. The van der Waals surface area contributed by atoms with Crippen LogP contribution in [0.15, 0.2) is 6.07 Å². The van der Waals surface area contributed by atoms with Gasteiger partial charge in [0, 0.05) is 19.4 Å². The van der Waals surface area contributed by atoms with Gasteiger partial charge < -0.3 is 0 Å². The van der Waals surface area contributed by atoms with Crippen LogP contribution in [0.3, 0.4) is 0 Å². The second-order valence-electron chi connectivity index (χ2n) is 4.01. The van der Waals surface area contributed by atoms with Crippen molar-refractivity contribution in [2.24, 2.45) is 0 Å². The van der Waals surface area contributed by atoms with E-state index in [9.17, 15) is 4.79 Å². The van der Waals surface area contributed by atoms with Crippen molar-refractivity contribution in [3.63, 3.8) is 0 Å². The predicted molar refractivity (Wildman–Crippen MR) is 54.5 cm³/mol. The van der Waals surface area contributed by atoms with E-state index in [4.69, 9.17) is 0 Å². The van der Waals surface area contributed by atoms with Crippen LogP contribution in [0.4, 0.5) is 0 Å². The molecule has 0 aromatic carbocycles. The Bertz CT molecular complexity index is 350. The minimum atomic E-state index is 0.123. The highest BCUT2D eigenvalue weighted by molar-refractivity contribution is 5.92. The molecule has 1 aliphatic rings. The monoisotopic (exact) mass is 192 g/mol. The highest BCUT2D eigenvalue weighted by Crippen LogP contribution is 2.39. The third kappa shape index (κ3) is 1.72. The Morgan fingerprint density at radius 3 is 2.86 bits per heavy atom. The van der Waals surface area contributed by atoms with Gasteiger partial charge in [-0.15, -0.1) is 0 Å². The molecule has 0 bridgehead atoms. The van der Waals surface area contributed by atoms with Gasteiger partial charge in [0.05, 0.1) is 5.69 Å². The Kier molecular flexibility index (Phi) is 2.40. The molecular formula is C11H16N2O. The predicted octanol–water partition coefficient (Wildman–Crippen LogP) is 2.37. The Labute approximate surface area is 84.1 Å². The largest absolute Gasteiger partial charge is 0.293 e. The lowest BCUT2D eigenvalue weighted by Gasteiger charge is -2.01. The summed E-state index contributed by atoms with van der Waals surface area (Å²) in [5, 5.41) is 4.48. The molecule has 3 nitrogen and oxygen atoms in total. The molecule has 1 aromatic heterocycles. The number of hydrogen-bond donors (Lipinski definition) is 0. The zero-order chi connectivity index (χ0) is 10.1. The lowest BCUT2D eigenvalue weighted by molar-refractivity contribution is 0.100. The molecule has 14 heavy (non-hydrogen) atoms. The van der Waals surface area contributed by atoms with Crippen LogP contribution in [-0.4, -0.2) is 15.6 Å². The summed E-state index contributed by atoms with van der Waals surface area (Å²) in [5.41, 5.74) is 1.89. The molecule has 0 aliphatic heterocycles. The third-order valence-corrected chi connectivity index (χ3v) is 2.59. The number of hydrogen-bond acceptors (Lipinski definition) is 2. The molecule has 1 saturated carbocycles. The lowest BCUT2D eigenvalue weighted by Crippen LogP contribution is -2.07. The first-order valence-electron chi connectivity index (χ1n) is 5.31. The third-order valence-electron chi connectivity index (χ3n) is 2.59. The molecule has 0 amide bonds. The number of aromatic nitrogens is 2. The molecule has 0 atom stereocenters. The van der Waals surface area contributed by atoms with Crippen LogP contribution in [0.2, 0.25) is 0 Å². The molecule has 0 radical (unpaired) electrons. The molecule has 0 N–H and O–H groups in total. The highest BCUT2D eigenvalue weighted by Gasteiger charge is 2.27. The number of carbonyl (C=O) groups is 1. The quantitative estimate of drug-likeness (QED) is 0.686. The van der Waals surface area contributed by atoms with Gasteiger partial charge >= 0.3 is 0 Å². The van der Waals surface area contributed by atoms with Crippen molar-refractivity contribution >= 4 is 5.78 Å². The van der Waals surface area contributed by atoms with Crippen LogP contribution in [0.25, 0.3) is 0 Å². The van der Waals surface area contributed by atoms with Crippen LogP contribution < -0.4 is 0 Å². The van der Waals surface area contributed by atoms with Gasteiger partial charge in [-0.1, -0.05) is 6.92 Å². The van der Waals surface area contributed by atoms with E-state index in [0.717, 1.165) is 24.4 Å². The van der Waals surface area contributed by atoms with Crippen LogP contribution in [0, 0.1) is 0 Å². The number of Topliss-reactive ketones (excluding diaryl/α,β-unsaturated/α-hetero) is 1. The van der Waals surface area contributed by atoms with Crippen molar-refractivity contribution in [1.29, 1.82) is 0 Å². The van der Waals surface area contributed by atoms with Crippen LogP contribution >= 0.6 is 0 Å². The van der Waals surface area contributed by atoms with Crippen LogP contribution in [0.1, 0.15) is 55.2 Å². The molecule has 0 saturated heterocycles. The first-order chi connectivity index (χ1) is 6.72. The van der Waals surface area contributed by atoms with E-state index >= 15 is 0 Å². The van der Waals surface area contributed by atoms with E-state index in [1.807, 2.05) is 10.7 Å². The second kappa shape index (κ2) is 3.56. The lowest BCUT2D eigenvalue weighted by atomic mass is 10.2. The van der Waals surface area contributed by atoms with E-state index in [1.165, 1.54) is 12.8 Å². The molecule has 2 rings (SSSR count). The molecule has 3 heteroatoms. The standard InChI is InChI=1S/C11H16N2O/c1-3-6-13-11(8(2)14)7-10(12-13)9-4-5-9/h7,9H,3-6H2,1-2H3. The molecule has 0 unspecified atom stereocenters. The number of aryl methyl sites for hydroxylation is 1. The summed E-state index contributed by atoms with van der Waals surface area (Å²) in [6, 6.07) is 1.97. The van der Waals surface area contributed by atoms with Gasteiger partial charge in [0.2, 0.25) is 0 Å². The molecule has 1 fully saturated rings. The van der Waals surface area contributed by atoms with Gasteiger partial charge in [0.15, 0.2) is 5.78 Å². The molecule has 1 aromatic rings. The fourth-order valence-electron chi connectivity index (χ4n) is 1.68. The topological polar surface area (TPSA) is 34.9 Å². The molecule has 76 valence electrons. The SMILES string of the molecule is CCCn1nc(C2CC2)cc1C(C)=O. The van der Waals surface area contributed by atoms with Gasteiger partial charge in [-0.3, -0.25) is 9.48 Å². The zero-order valence-corrected chi connectivity index (χ0v) is 8.79. The van der Waals surface area contributed by atoms with E-state index in [2.05, 4.69) is 12.0 Å². The van der Waals surface area contributed by atoms with E-state index in [-0.39, 0.29) is 5.78 Å². The van der Waals surface area contributed by atoms with Crippen molar-refractivity contribution in [2.75, 3.05) is 0 Å². The second-order valence-corrected chi connectivity index (χ2v) is 4.01. The maximum Gasteiger partial charge on any atom is 0.177 e.